The standard InChI is InChI=1S/C36H45N5O2/c42-32-16-18-41(19-17-32)25-28-20-30(24-37-22-28)29-13-15-34-33(21-29)36(40-39-34)35(43)11-5-9-27-12-14-31(38-23-27)10-4-8-26-6-2-1-3-7-26/h12-15,20-24,26,32,42H,1-11,16-19,25H2,(H,39,40). The molecule has 0 atom stereocenters. The molecule has 7 heteroatoms. The van der Waals surface area contributed by atoms with Gasteiger partial charge in [-0.15, -0.1) is 0 Å². The van der Waals surface area contributed by atoms with Crippen molar-refractivity contribution in [3.05, 3.63) is 77.5 Å². The number of hydrogen-bond donors (Lipinski definition) is 2. The van der Waals surface area contributed by atoms with Gasteiger partial charge in [0.05, 0.1) is 11.6 Å². The van der Waals surface area contributed by atoms with Crippen LogP contribution in [0.4, 0.5) is 0 Å². The number of aromatic amines is 1. The van der Waals surface area contributed by atoms with Crippen molar-refractivity contribution >= 4 is 16.7 Å². The molecule has 0 unspecified atom stereocenters. The van der Waals surface area contributed by atoms with Crippen LogP contribution in [0.3, 0.4) is 0 Å². The highest BCUT2D eigenvalue weighted by Gasteiger charge is 2.18. The quantitative estimate of drug-likeness (QED) is 0.174. The molecule has 1 aliphatic carbocycles. The zero-order chi connectivity index (χ0) is 29.4. The number of benzene rings is 1. The van der Waals surface area contributed by atoms with Crippen LogP contribution >= 0.6 is 0 Å². The van der Waals surface area contributed by atoms with Crippen LogP contribution in [0.5, 0.6) is 0 Å². The molecular formula is C36H45N5O2. The SMILES string of the molecule is O=C(CCCc1ccc(CCCC2CCCCC2)nc1)c1n[nH]c2ccc(-c3cncc(CN4CCC(O)CC4)c3)cc12. The third-order valence-corrected chi connectivity index (χ3v) is 9.44. The summed E-state index contributed by atoms with van der Waals surface area (Å²) in [6, 6.07) is 12.6. The zero-order valence-electron chi connectivity index (χ0n) is 25.3. The van der Waals surface area contributed by atoms with Crippen LogP contribution in [-0.4, -0.2) is 55.1 Å². The van der Waals surface area contributed by atoms with Gasteiger partial charge in [0.15, 0.2) is 5.78 Å². The number of fused-ring (bicyclic) bond motifs is 1. The van der Waals surface area contributed by atoms with Crippen molar-refractivity contribution in [2.75, 3.05) is 13.1 Å². The number of pyridine rings is 2. The molecule has 4 aromatic rings. The van der Waals surface area contributed by atoms with Gasteiger partial charge >= 0.3 is 0 Å². The van der Waals surface area contributed by atoms with Crippen LogP contribution in [-0.2, 0) is 19.4 Å². The van der Waals surface area contributed by atoms with Crippen molar-refractivity contribution in [3.63, 3.8) is 0 Å². The molecule has 0 spiro atoms. The average molecular weight is 580 g/mol. The molecular weight excluding hydrogens is 534 g/mol. The van der Waals surface area contributed by atoms with Crippen LogP contribution in [0.2, 0.25) is 0 Å². The summed E-state index contributed by atoms with van der Waals surface area (Å²) in [4.78, 5) is 24.8. The van der Waals surface area contributed by atoms with Crippen molar-refractivity contribution in [1.29, 1.82) is 0 Å². The summed E-state index contributed by atoms with van der Waals surface area (Å²) in [6.45, 7) is 2.63. The fourth-order valence-corrected chi connectivity index (χ4v) is 6.84. The molecule has 3 aromatic heterocycles. The number of rotatable bonds is 12. The second-order valence-corrected chi connectivity index (χ2v) is 12.8. The number of Topliss-reactive ketones (excluding diaryl/α,β-unsaturated/α-hetero) is 1. The first-order chi connectivity index (χ1) is 21.1. The van der Waals surface area contributed by atoms with Gasteiger partial charge in [0.2, 0.25) is 0 Å². The first-order valence-corrected chi connectivity index (χ1v) is 16.4. The predicted octanol–water partition coefficient (Wildman–Crippen LogP) is 7.09. The monoisotopic (exact) mass is 579 g/mol. The van der Waals surface area contributed by atoms with Gasteiger partial charge in [-0.25, -0.2) is 0 Å². The van der Waals surface area contributed by atoms with Crippen molar-refractivity contribution in [3.8, 4) is 11.1 Å². The summed E-state index contributed by atoms with van der Waals surface area (Å²) in [5.41, 5.74) is 6.95. The number of hydrogen-bond acceptors (Lipinski definition) is 6. The zero-order valence-corrected chi connectivity index (χ0v) is 25.3. The van der Waals surface area contributed by atoms with Gasteiger partial charge in [-0.05, 0) is 85.4 Å². The molecule has 226 valence electrons. The van der Waals surface area contributed by atoms with Gasteiger partial charge in [-0.1, -0.05) is 50.7 Å². The second kappa shape index (κ2) is 14.4. The number of nitrogens with zero attached hydrogens (tertiary/aromatic N) is 4. The summed E-state index contributed by atoms with van der Waals surface area (Å²) in [6.07, 6.45) is 20.0. The van der Waals surface area contributed by atoms with Crippen molar-refractivity contribution < 1.29 is 9.90 Å². The van der Waals surface area contributed by atoms with Gasteiger partial charge in [-0.3, -0.25) is 24.8 Å². The third kappa shape index (κ3) is 7.95. The van der Waals surface area contributed by atoms with E-state index in [4.69, 9.17) is 4.98 Å². The molecule has 1 aromatic carbocycles. The average Bonchev–Trinajstić information content (AvgIpc) is 3.47. The lowest BCUT2D eigenvalue weighted by atomic mass is 9.85. The highest BCUT2D eigenvalue weighted by molar-refractivity contribution is 6.06. The van der Waals surface area contributed by atoms with Gasteiger partial charge < -0.3 is 5.11 Å². The maximum Gasteiger partial charge on any atom is 0.183 e. The van der Waals surface area contributed by atoms with E-state index in [-0.39, 0.29) is 11.9 Å². The van der Waals surface area contributed by atoms with Crippen molar-refractivity contribution in [2.45, 2.75) is 96.1 Å². The number of nitrogens with one attached hydrogen (secondary N) is 1. The van der Waals surface area contributed by atoms with Crippen LogP contribution in [0.1, 0.15) is 97.9 Å². The number of aliphatic hydroxyl groups is 1. The van der Waals surface area contributed by atoms with E-state index in [0.717, 1.165) is 85.2 Å². The summed E-state index contributed by atoms with van der Waals surface area (Å²) < 4.78 is 0. The third-order valence-electron chi connectivity index (χ3n) is 9.44. The molecule has 1 saturated carbocycles. The first kappa shape index (κ1) is 29.6. The fraction of sp³-hybridized carbons (Fsp3) is 0.500. The number of aliphatic hydroxyl groups excluding tert-OH is 1. The highest BCUT2D eigenvalue weighted by atomic mass is 16.3. The van der Waals surface area contributed by atoms with Crippen molar-refractivity contribution in [2.24, 2.45) is 5.92 Å². The second-order valence-electron chi connectivity index (χ2n) is 12.8. The topological polar surface area (TPSA) is 95.0 Å². The smallest absolute Gasteiger partial charge is 0.183 e. The molecule has 0 amide bonds. The maximum atomic E-state index is 13.2. The Balaban J connectivity index is 1.02. The summed E-state index contributed by atoms with van der Waals surface area (Å²) in [5, 5.41) is 18.1. The largest absolute Gasteiger partial charge is 0.393 e. The number of aryl methyl sites for hydroxylation is 2. The number of carbonyl (C=O) groups excluding carboxylic acids is 1. The van der Waals surface area contributed by atoms with E-state index in [9.17, 15) is 9.90 Å². The normalized spacial score (nSPS) is 17.0. The fourth-order valence-electron chi connectivity index (χ4n) is 6.84. The number of H-pyrrole nitrogens is 1. The minimum absolute atomic E-state index is 0.0647. The maximum absolute atomic E-state index is 13.2. The molecule has 1 aliphatic heterocycles. The van der Waals surface area contributed by atoms with Gasteiger partial charge in [-0.2, -0.15) is 5.10 Å². The number of ketones is 1. The molecule has 7 nitrogen and oxygen atoms in total. The van der Waals surface area contributed by atoms with E-state index in [1.165, 1.54) is 56.2 Å². The lowest BCUT2D eigenvalue weighted by Crippen LogP contribution is -2.35. The van der Waals surface area contributed by atoms with Gasteiger partial charge in [0.25, 0.3) is 0 Å². The minimum atomic E-state index is -0.173. The Kier molecular flexibility index (Phi) is 9.90. The Morgan fingerprint density at radius 1 is 0.884 bits per heavy atom. The lowest BCUT2D eigenvalue weighted by molar-refractivity contribution is 0.0792. The van der Waals surface area contributed by atoms with Crippen molar-refractivity contribution in [1.82, 2.24) is 25.1 Å². The number of likely N-dealkylation sites (tertiary alicyclic amines) is 1. The molecule has 0 radical (unpaired) electrons. The number of aromatic nitrogens is 4. The van der Waals surface area contributed by atoms with Crippen LogP contribution < -0.4 is 0 Å². The Bertz CT molecular complexity index is 1480. The molecule has 0 bridgehead atoms. The van der Waals surface area contributed by atoms with E-state index in [1.54, 1.807) is 0 Å². The van der Waals surface area contributed by atoms with E-state index in [1.807, 2.05) is 24.7 Å². The molecule has 2 N–H and O–H groups in total. The molecule has 6 rings (SSSR count). The number of carbonyl (C=O) groups is 1. The molecule has 1 saturated heterocycles. The van der Waals surface area contributed by atoms with E-state index < -0.39 is 0 Å². The molecule has 2 fully saturated rings. The Morgan fingerprint density at radius 2 is 1.74 bits per heavy atom. The van der Waals surface area contributed by atoms with Crippen LogP contribution in [0, 0.1) is 5.92 Å². The Labute approximate surface area is 255 Å². The van der Waals surface area contributed by atoms with Crippen LogP contribution in [0.15, 0.2) is 55.0 Å². The van der Waals surface area contributed by atoms with E-state index in [2.05, 4.69) is 50.4 Å². The van der Waals surface area contributed by atoms with Crippen LogP contribution in [0.25, 0.3) is 22.0 Å². The molecule has 43 heavy (non-hydrogen) atoms. The van der Waals surface area contributed by atoms with E-state index in [0.29, 0.717) is 12.1 Å². The van der Waals surface area contributed by atoms with Gasteiger partial charge in [0, 0.05) is 61.3 Å². The first-order valence-electron chi connectivity index (χ1n) is 16.4. The Hall–Kier alpha value is -3.42. The summed E-state index contributed by atoms with van der Waals surface area (Å²) >= 11 is 0. The lowest BCUT2D eigenvalue weighted by Gasteiger charge is -2.29. The molecule has 4 heterocycles. The highest BCUT2D eigenvalue weighted by Crippen LogP contribution is 2.29. The number of piperidine rings is 1. The molecule has 2 aliphatic rings. The Morgan fingerprint density at radius 3 is 2.56 bits per heavy atom. The predicted molar refractivity (Wildman–Crippen MR) is 171 cm³/mol. The summed E-state index contributed by atoms with van der Waals surface area (Å²) in [7, 11) is 0. The van der Waals surface area contributed by atoms with E-state index >= 15 is 0 Å². The minimum Gasteiger partial charge on any atom is -0.393 e. The van der Waals surface area contributed by atoms with Gasteiger partial charge in [0.1, 0.15) is 5.69 Å². The summed E-state index contributed by atoms with van der Waals surface area (Å²) in [5.74, 6) is 0.994.